The molecule has 8 heteroatoms. The molecule has 0 aliphatic heterocycles. The first-order chi connectivity index (χ1) is 9.30. The van der Waals surface area contributed by atoms with Gasteiger partial charge >= 0.3 is 12.1 Å². The van der Waals surface area contributed by atoms with Crippen molar-refractivity contribution in [2.75, 3.05) is 0 Å². The molecule has 0 bridgehead atoms. The van der Waals surface area contributed by atoms with Crippen LogP contribution in [-0.2, 0) is 22.3 Å². The quantitative estimate of drug-likeness (QED) is 0.485. The molecule has 2 unspecified atom stereocenters. The largest absolute Gasteiger partial charge is 0.460 e. The molecule has 0 aromatic heterocycles. The zero-order valence-corrected chi connectivity index (χ0v) is 10.1. The van der Waals surface area contributed by atoms with E-state index in [0.717, 1.165) is 6.07 Å². The Hall–Kier alpha value is -2.12. The number of carbonyl (C=O) groups excluding carboxylic acids is 1. The Morgan fingerprint density at radius 3 is 2.60 bits per heavy atom. The predicted octanol–water partition coefficient (Wildman–Crippen LogP) is 2.41. The second-order valence-corrected chi connectivity index (χ2v) is 4.46. The minimum Gasteiger partial charge on any atom is -0.460 e. The fourth-order valence-electron chi connectivity index (χ4n) is 1.85. The number of halogens is 3. The van der Waals surface area contributed by atoms with Crippen LogP contribution in [0.15, 0.2) is 24.3 Å². The van der Waals surface area contributed by atoms with E-state index in [4.69, 9.17) is 4.74 Å². The minimum absolute atomic E-state index is 0.0761. The van der Waals surface area contributed by atoms with Gasteiger partial charge in [0.05, 0.1) is 5.56 Å². The van der Waals surface area contributed by atoms with E-state index in [1.165, 1.54) is 18.2 Å². The van der Waals surface area contributed by atoms with Crippen LogP contribution in [0.1, 0.15) is 17.5 Å². The highest BCUT2D eigenvalue weighted by Gasteiger charge is 2.54. The highest BCUT2D eigenvalue weighted by molar-refractivity contribution is 5.76. The number of nitro groups is 1. The van der Waals surface area contributed by atoms with Crippen molar-refractivity contribution in [1.82, 2.24) is 0 Å². The van der Waals surface area contributed by atoms with E-state index in [-0.39, 0.29) is 12.0 Å². The molecular weight excluding hydrogens is 279 g/mol. The Morgan fingerprint density at radius 1 is 1.40 bits per heavy atom. The molecule has 0 heterocycles. The molecule has 2 atom stereocenters. The van der Waals surface area contributed by atoms with Gasteiger partial charge in [0.25, 0.3) is 0 Å². The maximum Gasteiger partial charge on any atom is 0.416 e. The van der Waals surface area contributed by atoms with Crippen LogP contribution in [0.2, 0.25) is 0 Å². The molecule has 0 N–H and O–H groups in total. The van der Waals surface area contributed by atoms with Crippen LogP contribution in [0.3, 0.4) is 0 Å². The SMILES string of the molecule is O=C(OCc1ccccc1C(F)(F)F)C1CC1[N+](=O)[O-]. The molecule has 0 saturated heterocycles. The molecule has 0 radical (unpaired) electrons. The summed E-state index contributed by atoms with van der Waals surface area (Å²) in [6.07, 6.45) is -4.46. The van der Waals surface area contributed by atoms with E-state index in [0.29, 0.717) is 0 Å². The first kappa shape index (κ1) is 14.3. The second-order valence-electron chi connectivity index (χ2n) is 4.46. The van der Waals surface area contributed by atoms with E-state index in [2.05, 4.69) is 0 Å². The van der Waals surface area contributed by atoms with Crippen molar-refractivity contribution in [2.45, 2.75) is 25.2 Å². The highest BCUT2D eigenvalue weighted by atomic mass is 19.4. The fraction of sp³-hybridized carbons (Fsp3) is 0.417. The first-order valence-electron chi connectivity index (χ1n) is 5.76. The molecule has 0 spiro atoms. The average molecular weight is 289 g/mol. The third-order valence-corrected chi connectivity index (χ3v) is 3.02. The molecule has 0 amide bonds. The van der Waals surface area contributed by atoms with Gasteiger partial charge in [0.15, 0.2) is 0 Å². The Labute approximate surface area is 111 Å². The monoisotopic (exact) mass is 289 g/mol. The summed E-state index contributed by atoms with van der Waals surface area (Å²) in [7, 11) is 0. The van der Waals surface area contributed by atoms with Crippen LogP contribution in [0.5, 0.6) is 0 Å². The molecule has 5 nitrogen and oxygen atoms in total. The first-order valence-corrected chi connectivity index (χ1v) is 5.76. The van der Waals surface area contributed by atoms with Crippen LogP contribution < -0.4 is 0 Å². The molecule has 108 valence electrons. The number of alkyl halides is 3. The van der Waals surface area contributed by atoms with Crippen molar-refractivity contribution in [1.29, 1.82) is 0 Å². The fourth-order valence-corrected chi connectivity index (χ4v) is 1.85. The van der Waals surface area contributed by atoms with Crippen molar-refractivity contribution in [3.63, 3.8) is 0 Å². The van der Waals surface area contributed by atoms with Crippen LogP contribution >= 0.6 is 0 Å². The van der Waals surface area contributed by atoms with Crippen LogP contribution in [0.4, 0.5) is 13.2 Å². The molecule has 2 rings (SSSR count). The molecule has 20 heavy (non-hydrogen) atoms. The number of esters is 1. The standard InChI is InChI=1S/C12H10F3NO4/c13-12(14,15)9-4-2-1-3-7(9)6-20-11(17)8-5-10(8)16(18)19/h1-4,8,10H,5-6H2. The molecule has 1 fully saturated rings. The van der Waals surface area contributed by atoms with Crippen LogP contribution in [0, 0.1) is 16.0 Å². The van der Waals surface area contributed by atoms with Crippen molar-refractivity contribution < 1.29 is 27.6 Å². The molecule has 1 aromatic rings. The number of carbonyl (C=O) groups is 1. The lowest BCUT2D eigenvalue weighted by molar-refractivity contribution is -0.497. The van der Waals surface area contributed by atoms with Gasteiger partial charge in [-0.3, -0.25) is 14.9 Å². The number of ether oxygens (including phenoxy) is 1. The number of benzene rings is 1. The van der Waals surface area contributed by atoms with E-state index in [1.54, 1.807) is 0 Å². The topological polar surface area (TPSA) is 69.4 Å². The Bertz CT molecular complexity index is 544. The van der Waals surface area contributed by atoms with Crippen LogP contribution in [-0.4, -0.2) is 16.9 Å². The third-order valence-electron chi connectivity index (χ3n) is 3.02. The molecule has 1 aliphatic carbocycles. The van der Waals surface area contributed by atoms with E-state index in [9.17, 15) is 28.1 Å². The summed E-state index contributed by atoms with van der Waals surface area (Å²) < 4.78 is 42.8. The average Bonchev–Trinajstić information content (AvgIpc) is 3.15. The van der Waals surface area contributed by atoms with Gasteiger partial charge in [-0.15, -0.1) is 0 Å². The van der Waals surface area contributed by atoms with Gasteiger partial charge in [0.2, 0.25) is 6.04 Å². The van der Waals surface area contributed by atoms with Gasteiger partial charge in [-0.25, -0.2) is 0 Å². The Morgan fingerprint density at radius 2 is 2.05 bits per heavy atom. The summed E-state index contributed by atoms with van der Waals surface area (Å²) in [5.74, 6) is -1.67. The summed E-state index contributed by atoms with van der Waals surface area (Å²) in [4.78, 5) is 21.2. The maximum atomic E-state index is 12.7. The van der Waals surface area contributed by atoms with Gasteiger partial charge in [-0.1, -0.05) is 18.2 Å². The summed E-state index contributed by atoms with van der Waals surface area (Å²) in [6, 6.07) is 3.75. The van der Waals surface area contributed by atoms with Crippen LogP contribution in [0.25, 0.3) is 0 Å². The second kappa shape index (κ2) is 5.10. The van der Waals surface area contributed by atoms with Gasteiger partial charge in [-0.05, 0) is 6.07 Å². The van der Waals surface area contributed by atoms with E-state index < -0.39 is 41.2 Å². The zero-order chi connectivity index (χ0) is 14.9. The summed E-state index contributed by atoms with van der Waals surface area (Å²) in [5.41, 5.74) is -1.05. The molecular formula is C12H10F3NO4. The number of hydrogen-bond acceptors (Lipinski definition) is 4. The van der Waals surface area contributed by atoms with Gasteiger partial charge in [-0.2, -0.15) is 13.2 Å². The summed E-state index contributed by atoms with van der Waals surface area (Å²) >= 11 is 0. The molecule has 1 aromatic carbocycles. The third kappa shape index (κ3) is 3.06. The van der Waals surface area contributed by atoms with Crippen molar-refractivity contribution in [3.05, 3.63) is 45.5 Å². The lowest BCUT2D eigenvalue weighted by Crippen LogP contribution is -2.15. The van der Waals surface area contributed by atoms with Gasteiger partial charge < -0.3 is 4.74 Å². The normalized spacial score (nSPS) is 21.4. The summed E-state index contributed by atoms with van der Waals surface area (Å²) in [6.45, 7) is -0.546. The number of nitrogens with zero attached hydrogens (tertiary/aromatic N) is 1. The number of rotatable bonds is 4. The lowest BCUT2D eigenvalue weighted by atomic mass is 10.1. The van der Waals surface area contributed by atoms with Crippen molar-refractivity contribution in [2.24, 2.45) is 5.92 Å². The molecule has 1 saturated carbocycles. The maximum absolute atomic E-state index is 12.7. The smallest absolute Gasteiger partial charge is 0.416 e. The highest BCUT2D eigenvalue weighted by Crippen LogP contribution is 2.35. The number of hydrogen-bond donors (Lipinski definition) is 0. The van der Waals surface area contributed by atoms with Gasteiger partial charge in [0, 0.05) is 16.9 Å². The van der Waals surface area contributed by atoms with Gasteiger partial charge in [0.1, 0.15) is 12.5 Å². The molecule has 1 aliphatic rings. The lowest BCUT2D eigenvalue weighted by Gasteiger charge is -2.12. The Kier molecular flexibility index (Phi) is 3.65. The Balaban J connectivity index is 1.99. The summed E-state index contributed by atoms with van der Waals surface area (Å²) in [5, 5.41) is 10.4. The predicted molar refractivity (Wildman–Crippen MR) is 60.1 cm³/mol. The minimum atomic E-state index is -4.54. The van der Waals surface area contributed by atoms with E-state index >= 15 is 0 Å². The van der Waals surface area contributed by atoms with E-state index in [1.807, 2.05) is 0 Å². The van der Waals surface area contributed by atoms with Crippen molar-refractivity contribution in [3.8, 4) is 0 Å². The van der Waals surface area contributed by atoms with Crippen molar-refractivity contribution >= 4 is 5.97 Å². The zero-order valence-electron chi connectivity index (χ0n) is 10.1.